The van der Waals surface area contributed by atoms with Crippen LogP contribution < -0.4 is 10.2 Å². The van der Waals surface area contributed by atoms with Crippen LogP contribution in [0.3, 0.4) is 0 Å². The predicted molar refractivity (Wildman–Crippen MR) is 81.4 cm³/mol. The van der Waals surface area contributed by atoms with E-state index in [1.54, 1.807) is 12.1 Å². The van der Waals surface area contributed by atoms with Gasteiger partial charge in [0.2, 0.25) is 23.9 Å². The Balaban J connectivity index is 0.000000483. The average molecular weight is 426 g/mol. The first-order chi connectivity index (χ1) is 12.3. The van der Waals surface area contributed by atoms with Crippen molar-refractivity contribution in [2.75, 3.05) is 0 Å². The van der Waals surface area contributed by atoms with Crippen molar-refractivity contribution in [1.29, 1.82) is 0 Å². The van der Waals surface area contributed by atoms with Crippen molar-refractivity contribution in [2.24, 2.45) is 0 Å². The van der Waals surface area contributed by atoms with Gasteiger partial charge in [0.1, 0.15) is 0 Å². The molecule has 145 valence electrons. The number of halogens is 2. The van der Waals surface area contributed by atoms with Gasteiger partial charge in [-0.25, -0.2) is 8.78 Å². The van der Waals surface area contributed by atoms with E-state index in [1.807, 2.05) is 0 Å². The molecule has 0 N–H and O–H groups in total. The van der Waals surface area contributed by atoms with Gasteiger partial charge >= 0.3 is 17.1 Å². The Kier molecular flexibility index (Phi) is 10.4. The van der Waals surface area contributed by atoms with E-state index in [0.29, 0.717) is 0 Å². The maximum absolute atomic E-state index is 12.6. The number of benzene rings is 2. The molecule has 0 aromatic heterocycles. The number of hydrogen-bond acceptors (Lipinski definition) is 6. The van der Waals surface area contributed by atoms with Crippen molar-refractivity contribution in [3.8, 4) is 0 Å². The summed E-state index contributed by atoms with van der Waals surface area (Å²) in [5, 5.41) is 20.0. The molecule has 0 aliphatic heterocycles. The van der Waals surface area contributed by atoms with Crippen LogP contribution in [-0.2, 0) is 26.7 Å². The Morgan fingerprint density at radius 3 is 1.11 bits per heavy atom. The van der Waals surface area contributed by atoms with Crippen LogP contribution in [0.25, 0.3) is 0 Å². The molecule has 2 rings (SSSR count). The van der Waals surface area contributed by atoms with Gasteiger partial charge in [-0.2, -0.15) is 0 Å². The van der Waals surface area contributed by atoms with E-state index in [0.717, 1.165) is 0 Å². The molecule has 27 heavy (non-hydrogen) atoms. The number of hydrogen-bond donors (Lipinski definition) is 0. The number of Topliss-reactive ketones (excluding diaryl/α,β-unsaturated/α-hetero) is 2. The van der Waals surface area contributed by atoms with Crippen LogP contribution in [0.15, 0.2) is 60.7 Å². The van der Waals surface area contributed by atoms with E-state index in [1.165, 1.54) is 48.5 Å². The number of carboxylic acids is 2. The Labute approximate surface area is 163 Å². The Morgan fingerprint density at radius 2 is 0.889 bits per heavy atom. The quantitative estimate of drug-likeness (QED) is 0.363. The molecular weight excluding hydrogens is 414 g/mol. The summed E-state index contributed by atoms with van der Waals surface area (Å²) in [6.45, 7) is 0. The van der Waals surface area contributed by atoms with Crippen LogP contribution in [0.2, 0.25) is 0 Å². The minimum absolute atomic E-state index is 0. The number of ketones is 2. The fourth-order valence-corrected chi connectivity index (χ4v) is 1.71. The Hall–Kier alpha value is -2.90. The summed E-state index contributed by atoms with van der Waals surface area (Å²) < 4.78 is 25.2. The smallest absolute Gasteiger partial charge is 0.546 e. The van der Waals surface area contributed by atoms with E-state index in [4.69, 9.17) is 0 Å². The first-order valence-corrected chi connectivity index (χ1v) is 7.14. The predicted octanol–water partition coefficient (Wildman–Crippen LogP) is -0.0879. The summed E-state index contributed by atoms with van der Waals surface area (Å²) in [5.41, 5.74) is 0.0541. The Bertz CT molecular complexity index is 715. The van der Waals surface area contributed by atoms with E-state index in [-0.39, 0.29) is 28.2 Å². The van der Waals surface area contributed by atoms with Crippen molar-refractivity contribution < 1.29 is 55.2 Å². The van der Waals surface area contributed by atoms with Gasteiger partial charge in [-0.15, -0.1) is 0 Å². The topological polar surface area (TPSA) is 114 Å². The van der Waals surface area contributed by atoms with Gasteiger partial charge in [0.05, 0.1) is 11.9 Å². The van der Waals surface area contributed by atoms with Crippen molar-refractivity contribution in [3.05, 3.63) is 71.8 Å². The molecule has 2 unspecified atom stereocenters. The van der Waals surface area contributed by atoms with Crippen molar-refractivity contribution in [2.45, 2.75) is 12.3 Å². The van der Waals surface area contributed by atoms with E-state index < -0.39 is 35.8 Å². The summed E-state index contributed by atoms with van der Waals surface area (Å²) in [6, 6.07) is 14.8. The van der Waals surface area contributed by atoms with Gasteiger partial charge in [-0.3, -0.25) is 9.59 Å². The zero-order chi connectivity index (χ0) is 19.7. The van der Waals surface area contributed by atoms with Gasteiger partial charge < -0.3 is 19.8 Å². The minimum atomic E-state index is -2.58. The summed E-state index contributed by atoms with van der Waals surface area (Å²) in [6.07, 6.45) is -5.16. The molecule has 0 spiro atoms. The number of rotatable bonds is 6. The van der Waals surface area contributed by atoms with Crippen molar-refractivity contribution >= 4 is 23.5 Å². The van der Waals surface area contributed by atoms with Gasteiger partial charge in [0, 0.05) is 11.1 Å². The summed E-state index contributed by atoms with van der Waals surface area (Å²) >= 11 is 0. The van der Waals surface area contributed by atoms with Crippen molar-refractivity contribution in [3.63, 3.8) is 0 Å². The van der Waals surface area contributed by atoms with Crippen LogP contribution in [0.4, 0.5) is 8.78 Å². The molecule has 2 atom stereocenters. The molecule has 0 fully saturated rings. The monoisotopic (exact) mass is 425 g/mol. The molecule has 0 aliphatic carbocycles. The Morgan fingerprint density at radius 1 is 0.630 bits per heavy atom. The standard InChI is InChI=1S/2C9H7FO3.Cu/c2*10-7(9(12)13)8(11)6-4-2-1-3-5-6;/h2*1-5,7H,(H,12,13);/q;;+2/p-2. The molecule has 2 aromatic rings. The second kappa shape index (κ2) is 11.7. The average Bonchev–Trinajstić information content (AvgIpc) is 2.67. The molecule has 0 amide bonds. The maximum atomic E-state index is 12.6. The van der Waals surface area contributed by atoms with Gasteiger partial charge in [-0.1, -0.05) is 60.7 Å². The molecule has 0 saturated carbocycles. The molecule has 0 heterocycles. The molecule has 2 aromatic carbocycles. The van der Waals surface area contributed by atoms with Crippen LogP contribution in [-0.4, -0.2) is 35.8 Å². The minimum Gasteiger partial charge on any atom is -0.546 e. The van der Waals surface area contributed by atoms with E-state index >= 15 is 0 Å². The van der Waals surface area contributed by atoms with Crippen LogP contribution >= 0.6 is 0 Å². The number of carbonyl (C=O) groups excluding carboxylic acids is 4. The largest absolute Gasteiger partial charge is 2.00 e. The summed E-state index contributed by atoms with van der Waals surface area (Å²) in [7, 11) is 0. The maximum Gasteiger partial charge on any atom is 2.00 e. The number of carbonyl (C=O) groups is 4. The van der Waals surface area contributed by atoms with Crippen LogP contribution in [0.5, 0.6) is 0 Å². The third-order valence-corrected chi connectivity index (χ3v) is 2.99. The molecule has 0 saturated heterocycles. The summed E-state index contributed by atoms with van der Waals surface area (Å²) in [4.78, 5) is 42.0. The molecule has 1 radical (unpaired) electrons. The molecular formula is C18H12CuF2O6. The third-order valence-electron chi connectivity index (χ3n) is 2.99. The van der Waals surface area contributed by atoms with Gasteiger partial charge in [0.15, 0.2) is 0 Å². The normalized spacial score (nSPS) is 11.6. The van der Waals surface area contributed by atoms with Crippen LogP contribution in [0.1, 0.15) is 20.7 Å². The SMILES string of the molecule is O=C([O-])C(F)C(=O)c1ccccc1.O=C([O-])C(F)C(=O)c1ccccc1.[Cu+2]. The van der Waals surface area contributed by atoms with Crippen molar-refractivity contribution in [1.82, 2.24) is 0 Å². The molecule has 0 bridgehead atoms. The fraction of sp³-hybridized carbons (Fsp3) is 0.111. The van der Waals surface area contributed by atoms with Gasteiger partial charge in [-0.05, 0) is 0 Å². The van der Waals surface area contributed by atoms with E-state index in [2.05, 4.69) is 0 Å². The van der Waals surface area contributed by atoms with E-state index in [9.17, 15) is 38.2 Å². The molecule has 0 aliphatic rings. The second-order valence-corrected chi connectivity index (χ2v) is 4.82. The summed E-state index contributed by atoms with van der Waals surface area (Å²) in [5.74, 6) is -6.18. The first-order valence-electron chi connectivity index (χ1n) is 7.14. The fourth-order valence-electron chi connectivity index (χ4n) is 1.71. The number of aliphatic carboxylic acids is 2. The molecule has 6 nitrogen and oxygen atoms in total. The van der Waals surface area contributed by atoms with Gasteiger partial charge in [0.25, 0.3) is 0 Å². The number of carboxylic acid groups (broad SMARTS) is 2. The molecule has 9 heteroatoms. The number of alkyl halides is 2. The zero-order valence-corrected chi connectivity index (χ0v) is 14.4. The zero-order valence-electron chi connectivity index (χ0n) is 13.4. The van der Waals surface area contributed by atoms with Crippen LogP contribution in [0, 0.1) is 0 Å². The second-order valence-electron chi connectivity index (χ2n) is 4.82. The third kappa shape index (κ3) is 7.47. The first kappa shape index (κ1) is 24.1.